The fraction of sp³-hybridized carbons (Fsp3) is 0.412. The van der Waals surface area contributed by atoms with Crippen molar-refractivity contribution in [3.63, 3.8) is 0 Å². The lowest BCUT2D eigenvalue weighted by atomic mass is 9.95. The van der Waals surface area contributed by atoms with Gasteiger partial charge in [0.25, 0.3) is 0 Å². The maximum Gasteiger partial charge on any atom is 0.228 e. The second-order valence-electron chi connectivity index (χ2n) is 6.14. The monoisotopic (exact) mass is 386 g/mol. The SMILES string of the molecule is Cl.NC[C@H]1CCC[C@H]1C(=O)Nc1ccnn1Cc1ccc(Cl)c(F)c1. The van der Waals surface area contributed by atoms with Gasteiger partial charge in [0.1, 0.15) is 11.6 Å². The fourth-order valence-corrected chi connectivity index (χ4v) is 3.38. The molecule has 2 aromatic rings. The Hall–Kier alpha value is -1.63. The first kappa shape index (κ1) is 19.7. The van der Waals surface area contributed by atoms with Gasteiger partial charge in [-0.05, 0) is 43.0 Å². The van der Waals surface area contributed by atoms with E-state index in [0.717, 1.165) is 24.8 Å². The van der Waals surface area contributed by atoms with Crippen molar-refractivity contribution in [1.82, 2.24) is 9.78 Å². The van der Waals surface area contributed by atoms with Gasteiger partial charge in [-0.3, -0.25) is 4.79 Å². The first-order valence-corrected chi connectivity index (χ1v) is 8.43. The van der Waals surface area contributed by atoms with Gasteiger partial charge in [0, 0.05) is 12.0 Å². The summed E-state index contributed by atoms with van der Waals surface area (Å²) in [6.45, 7) is 0.878. The smallest absolute Gasteiger partial charge is 0.228 e. The van der Waals surface area contributed by atoms with Crippen LogP contribution in [-0.4, -0.2) is 22.2 Å². The molecule has 3 N–H and O–H groups in total. The second-order valence-corrected chi connectivity index (χ2v) is 6.55. The van der Waals surface area contributed by atoms with Crippen LogP contribution in [0, 0.1) is 17.7 Å². The quantitative estimate of drug-likeness (QED) is 0.825. The lowest BCUT2D eigenvalue weighted by Gasteiger charge is -2.18. The number of benzene rings is 1. The highest BCUT2D eigenvalue weighted by Crippen LogP contribution is 2.31. The Morgan fingerprint density at radius 3 is 2.92 bits per heavy atom. The normalized spacial score (nSPS) is 19.5. The van der Waals surface area contributed by atoms with Gasteiger partial charge in [-0.2, -0.15) is 5.10 Å². The van der Waals surface area contributed by atoms with Crippen molar-refractivity contribution in [3.05, 3.63) is 46.9 Å². The van der Waals surface area contributed by atoms with Crippen LogP contribution in [0.5, 0.6) is 0 Å². The third kappa shape index (κ3) is 4.51. The minimum atomic E-state index is -0.469. The lowest BCUT2D eigenvalue weighted by molar-refractivity contribution is -0.120. The summed E-state index contributed by atoms with van der Waals surface area (Å²) in [6, 6.07) is 6.35. The highest BCUT2D eigenvalue weighted by Gasteiger charge is 2.32. The van der Waals surface area contributed by atoms with Crippen molar-refractivity contribution in [2.45, 2.75) is 25.8 Å². The minimum absolute atomic E-state index is 0. The van der Waals surface area contributed by atoms with E-state index in [0.29, 0.717) is 18.9 Å². The van der Waals surface area contributed by atoms with Crippen molar-refractivity contribution in [2.24, 2.45) is 17.6 Å². The van der Waals surface area contributed by atoms with E-state index in [4.69, 9.17) is 17.3 Å². The highest BCUT2D eigenvalue weighted by molar-refractivity contribution is 6.30. The number of carbonyl (C=O) groups excluding carboxylic acids is 1. The van der Waals surface area contributed by atoms with E-state index < -0.39 is 5.82 Å². The number of aromatic nitrogens is 2. The first-order valence-electron chi connectivity index (χ1n) is 8.05. The van der Waals surface area contributed by atoms with Crippen LogP contribution in [0.15, 0.2) is 30.5 Å². The molecule has 5 nitrogen and oxygen atoms in total. The molecular weight excluding hydrogens is 366 g/mol. The molecule has 1 aromatic carbocycles. The average molecular weight is 387 g/mol. The Morgan fingerprint density at radius 2 is 2.20 bits per heavy atom. The summed E-state index contributed by atoms with van der Waals surface area (Å²) in [7, 11) is 0. The van der Waals surface area contributed by atoms with E-state index in [9.17, 15) is 9.18 Å². The molecule has 0 radical (unpaired) electrons. The third-order valence-electron chi connectivity index (χ3n) is 4.58. The van der Waals surface area contributed by atoms with Gasteiger partial charge in [-0.15, -0.1) is 12.4 Å². The van der Waals surface area contributed by atoms with E-state index in [-0.39, 0.29) is 35.2 Å². The van der Waals surface area contributed by atoms with Crippen LogP contribution in [0.4, 0.5) is 10.2 Å². The summed E-state index contributed by atoms with van der Waals surface area (Å²) < 4.78 is 15.2. The Morgan fingerprint density at radius 1 is 1.40 bits per heavy atom. The first-order chi connectivity index (χ1) is 11.6. The molecule has 2 atom stereocenters. The number of hydrogen-bond donors (Lipinski definition) is 2. The summed E-state index contributed by atoms with van der Waals surface area (Å²) in [6.07, 6.45) is 4.50. The van der Waals surface area contributed by atoms with Crippen molar-refractivity contribution in [3.8, 4) is 0 Å². The van der Waals surface area contributed by atoms with E-state index in [1.807, 2.05) is 0 Å². The topological polar surface area (TPSA) is 72.9 Å². The van der Waals surface area contributed by atoms with Crippen molar-refractivity contribution in [2.75, 3.05) is 11.9 Å². The number of rotatable bonds is 5. The van der Waals surface area contributed by atoms with Crippen LogP contribution >= 0.6 is 24.0 Å². The summed E-state index contributed by atoms with van der Waals surface area (Å²) in [5.74, 6) is 0.298. The number of nitrogens with zero attached hydrogens (tertiary/aromatic N) is 2. The molecule has 1 fully saturated rings. The molecule has 136 valence electrons. The van der Waals surface area contributed by atoms with Crippen LogP contribution < -0.4 is 11.1 Å². The second kappa shape index (κ2) is 8.65. The lowest BCUT2D eigenvalue weighted by Crippen LogP contribution is -2.30. The summed E-state index contributed by atoms with van der Waals surface area (Å²) in [5, 5.41) is 7.22. The number of hydrogen-bond acceptors (Lipinski definition) is 3. The summed E-state index contributed by atoms with van der Waals surface area (Å²) in [5.41, 5.74) is 6.47. The number of halogens is 3. The van der Waals surface area contributed by atoms with E-state index in [2.05, 4.69) is 10.4 Å². The Balaban J connectivity index is 0.00000225. The zero-order valence-electron chi connectivity index (χ0n) is 13.6. The Labute approximate surface area is 157 Å². The number of amides is 1. The number of nitrogens with two attached hydrogens (primary N) is 1. The molecule has 0 aliphatic heterocycles. The molecule has 1 amide bonds. The van der Waals surface area contributed by atoms with E-state index >= 15 is 0 Å². The van der Waals surface area contributed by atoms with Gasteiger partial charge in [-0.1, -0.05) is 24.1 Å². The molecule has 8 heteroatoms. The van der Waals surface area contributed by atoms with E-state index in [1.165, 1.54) is 12.1 Å². The average Bonchev–Trinajstić information content (AvgIpc) is 3.20. The number of anilines is 1. The molecule has 1 aliphatic rings. The van der Waals surface area contributed by atoms with Crippen LogP contribution in [0.1, 0.15) is 24.8 Å². The van der Waals surface area contributed by atoms with Crippen molar-refractivity contribution in [1.29, 1.82) is 0 Å². The predicted octanol–water partition coefficient (Wildman–Crippen LogP) is 3.46. The van der Waals surface area contributed by atoms with Crippen molar-refractivity contribution < 1.29 is 9.18 Å². The molecule has 3 rings (SSSR count). The molecule has 1 saturated carbocycles. The molecule has 0 spiro atoms. The van der Waals surface area contributed by atoms with Gasteiger partial charge in [0.15, 0.2) is 0 Å². The predicted molar refractivity (Wildman–Crippen MR) is 98.5 cm³/mol. The van der Waals surface area contributed by atoms with Crippen molar-refractivity contribution >= 4 is 35.7 Å². The largest absolute Gasteiger partial charge is 0.330 e. The van der Waals surface area contributed by atoms with Gasteiger partial charge in [0.05, 0.1) is 17.8 Å². The molecule has 1 heterocycles. The van der Waals surface area contributed by atoms with Crippen LogP contribution in [-0.2, 0) is 11.3 Å². The Kier molecular flexibility index (Phi) is 6.81. The van der Waals surface area contributed by atoms with Crippen LogP contribution in [0.2, 0.25) is 5.02 Å². The van der Waals surface area contributed by atoms with Gasteiger partial charge >= 0.3 is 0 Å². The number of carbonyl (C=O) groups is 1. The zero-order chi connectivity index (χ0) is 17.1. The van der Waals surface area contributed by atoms with Gasteiger partial charge in [0.2, 0.25) is 5.91 Å². The van der Waals surface area contributed by atoms with E-state index in [1.54, 1.807) is 23.0 Å². The third-order valence-corrected chi connectivity index (χ3v) is 4.89. The van der Waals surface area contributed by atoms with Gasteiger partial charge in [-0.25, -0.2) is 9.07 Å². The summed E-state index contributed by atoms with van der Waals surface area (Å²) in [4.78, 5) is 12.5. The van der Waals surface area contributed by atoms with Crippen LogP contribution in [0.25, 0.3) is 0 Å². The zero-order valence-corrected chi connectivity index (χ0v) is 15.2. The molecule has 0 bridgehead atoms. The summed E-state index contributed by atoms with van der Waals surface area (Å²) >= 11 is 5.70. The highest BCUT2D eigenvalue weighted by atomic mass is 35.5. The maximum atomic E-state index is 13.6. The molecule has 0 saturated heterocycles. The molecule has 1 aromatic heterocycles. The minimum Gasteiger partial charge on any atom is -0.330 e. The fourth-order valence-electron chi connectivity index (χ4n) is 3.26. The number of nitrogens with one attached hydrogen (secondary N) is 1. The maximum absolute atomic E-state index is 13.6. The van der Waals surface area contributed by atoms with Gasteiger partial charge < -0.3 is 11.1 Å². The Bertz CT molecular complexity index is 737. The molecule has 1 aliphatic carbocycles. The molecule has 0 unspecified atom stereocenters. The molecular formula is C17H21Cl2FN4O. The van der Waals surface area contributed by atoms with Crippen LogP contribution in [0.3, 0.4) is 0 Å². The standard InChI is InChI=1S/C17H20ClFN4O.ClH/c18-14-5-4-11(8-15(14)19)10-23-16(6-7-21-23)22-17(24)13-3-1-2-12(13)9-20;/h4-8,12-13H,1-3,9-10,20H2,(H,22,24);1H/t12-,13-;/m1./s1. The molecule has 25 heavy (non-hydrogen) atoms.